The van der Waals surface area contributed by atoms with Gasteiger partial charge in [-0.2, -0.15) is 0 Å². The van der Waals surface area contributed by atoms with Gasteiger partial charge in [-0.15, -0.1) is 0 Å². The number of aliphatic carboxylic acids is 1. The van der Waals surface area contributed by atoms with Crippen molar-refractivity contribution in [2.75, 3.05) is 20.8 Å². The minimum absolute atomic E-state index is 0.0305. The number of carbonyl (C=O) groups is 2. The quantitative estimate of drug-likeness (QED) is 0.765. The van der Waals surface area contributed by atoms with Crippen molar-refractivity contribution in [1.29, 1.82) is 0 Å². The van der Waals surface area contributed by atoms with Gasteiger partial charge in [-0.3, -0.25) is 9.59 Å². The van der Waals surface area contributed by atoms with E-state index in [0.29, 0.717) is 6.54 Å². The molecule has 0 bridgehead atoms. The molecule has 1 aliphatic rings. The van der Waals surface area contributed by atoms with E-state index in [1.54, 1.807) is 14.2 Å². The fraction of sp³-hybridized carbons (Fsp3) is 0.529. The summed E-state index contributed by atoms with van der Waals surface area (Å²) < 4.78 is 10.6. The summed E-state index contributed by atoms with van der Waals surface area (Å²) in [6.07, 6.45) is 0.820. The van der Waals surface area contributed by atoms with Crippen LogP contribution in [-0.2, 0) is 9.59 Å². The van der Waals surface area contributed by atoms with Crippen LogP contribution in [-0.4, -0.2) is 37.7 Å². The zero-order chi connectivity index (χ0) is 17.0. The van der Waals surface area contributed by atoms with Crippen molar-refractivity contribution < 1.29 is 24.2 Å². The molecule has 6 heteroatoms. The van der Waals surface area contributed by atoms with Crippen molar-refractivity contribution in [2.24, 2.45) is 11.8 Å². The Kier molecular flexibility index (Phi) is 5.47. The maximum absolute atomic E-state index is 12.2. The fourth-order valence-electron chi connectivity index (χ4n) is 2.73. The molecule has 3 atom stereocenters. The molecule has 1 saturated carbocycles. The Morgan fingerprint density at radius 2 is 2.09 bits per heavy atom. The molecule has 1 aliphatic carbocycles. The van der Waals surface area contributed by atoms with Crippen LogP contribution in [0.1, 0.15) is 31.2 Å². The molecule has 1 aromatic rings. The van der Waals surface area contributed by atoms with Crippen molar-refractivity contribution >= 4 is 11.9 Å². The second kappa shape index (κ2) is 7.35. The average Bonchev–Trinajstić information content (AvgIpc) is 3.31. The Morgan fingerprint density at radius 1 is 1.35 bits per heavy atom. The third-order valence-corrected chi connectivity index (χ3v) is 4.11. The summed E-state index contributed by atoms with van der Waals surface area (Å²) in [5.74, 6) is 0.560. The first-order valence-electron chi connectivity index (χ1n) is 7.67. The van der Waals surface area contributed by atoms with Gasteiger partial charge in [0.25, 0.3) is 0 Å². The summed E-state index contributed by atoms with van der Waals surface area (Å²) in [7, 11) is 3.21. The van der Waals surface area contributed by atoms with Crippen LogP contribution < -0.4 is 14.8 Å². The van der Waals surface area contributed by atoms with E-state index >= 15 is 0 Å². The lowest BCUT2D eigenvalue weighted by Crippen LogP contribution is -2.30. The van der Waals surface area contributed by atoms with Crippen LogP contribution in [0.25, 0.3) is 0 Å². The molecule has 0 heterocycles. The van der Waals surface area contributed by atoms with Gasteiger partial charge in [-0.05, 0) is 30.5 Å². The van der Waals surface area contributed by atoms with E-state index in [-0.39, 0.29) is 30.1 Å². The number of ether oxygens (including phenoxy) is 2. The minimum Gasteiger partial charge on any atom is -0.497 e. The maximum Gasteiger partial charge on any atom is 0.303 e. The first kappa shape index (κ1) is 17.1. The normalized spacial score (nSPS) is 20.5. The van der Waals surface area contributed by atoms with E-state index in [0.717, 1.165) is 23.5 Å². The molecule has 23 heavy (non-hydrogen) atoms. The lowest BCUT2D eigenvalue weighted by Gasteiger charge is -2.12. The summed E-state index contributed by atoms with van der Waals surface area (Å²) in [5, 5.41) is 11.6. The zero-order valence-corrected chi connectivity index (χ0v) is 13.7. The number of hydrogen-bond donors (Lipinski definition) is 2. The van der Waals surface area contributed by atoms with Crippen molar-refractivity contribution in [3.05, 3.63) is 23.8 Å². The molecule has 126 valence electrons. The highest BCUT2D eigenvalue weighted by Gasteiger charge is 2.45. The van der Waals surface area contributed by atoms with E-state index in [4.69, 9.17) is 14.6 Å². The number of rotatable bonds is 8. The van der Waals surface area contributed by atoms with E-state index in [1.807, 2.05) is 25.1 Å². The molecule has 1 aromatic carbocycles. The van der Waals surface area contributed by atoms with E-state index < -0.39 is 5.97 Å². The first-order valence-corrected chi connectivity index (χ1v) is 7.67. The highest BCUT2D eigenvalue weighted by atomic mass is 16.5. The summed E-state index contributed by atoms with van der Waals surface area (Å²) in [4.78, 5) is 22.8. The van der Waals surface area contributed by atoms with Crippen LogP contribution in [0.15, 0.2) is 18.2 Å². The first-order chi connectivity index (χ1) is 11.0. The van der Waals surface area contributed by atoms with Crippen LogP contribution in [0.2, 0.25) is 0 Å². The third-order valence-electron chi connectivity index (χ3n) is 4.11. The number of hydrogen-bond acceptors (Lipinski definition) is 4. The predicted molar refractivity (Wildman–Crippen MR) is 84.8 cm³/mol. The summed E-state index contributed by atoms with van der Waals surface area (Å²) in [6.45, 7) is 2.19. The van der Waals surface area contributed by atoms with Gasteiger partial charge in [0.05, 0.1) is 14.2 Å². The van der Waals surface area contributed by atoms with Gasteiger partial charge in [0.15, 0.2) is 0 Å². The number of carboxylic acids is 1. The Balaban J connectivity index is 1.94. The highest BCUT2D eigenvalue weighted by molar-refractivity contribution is 5.83. The molecule has 6 nitrogen and oxygen atoms in total. The molecular formula is C17H23NO5. The smallest absolute Gasteiger partial charge is 0.303 e. The SMILES string of the molecule is COc1ccc(OC)c(C2CC2C(=O)NCC(C)CC(=O)O)c1. The molecule has 0 radical (unpaired) electrons. The molecule has 0 aliphatic heterocycles. The largest absolute Gasteiger partial charge is 0.497 e. The van der Waals surface area contributed by atoms with E-state index in [9.17, 15) is 9.59 Å². The molecule has 2 rings (SSSR count). The Hall–Kier alpha value is -2.24. The van der Waals surface area contributed by atoms with E-state index in [1.165, 1.54) is 0 Å². The third kappa shape index (κ3) is 4.37. The van der Waals surface area contributed by atoms with Gasteiger partial charge in [0.2, 0.25) is 5.91 Å². The second-order valence-corrected chi connectivity index (χ2v) is 6.00. The van der Waals surface area contributed by atoms with Crippen molar-refractivity contribution in [3.63, 3.8) is 0 Å². The molecule has 1 amide bonds. The summed E-state index contributed by atoms with van der Waals surface area (Å²) >= 11 is 0. The molecule has 1 fully saturated rings. The summed E-state index contributed by atoms with van der Waals surface area (Å²) in [6, 6.07) is 5.58. The molecule has 0 saturated heterocycles. The predicted octanol–water partition coefficient (Wildman–Crippen LogP) is 2.03. The second-order valence-electron chi connectivity index (χ2n) is 6.00. The average molecular weight is 321 g/mol. The van der Waals surface area contributed by atoms with Crippen molar-refractivity contribution in [1.82, 2.24) is 5.32 Å². The van der Waals surface area contributed by atoms with Crippen LogP contribution >= 0.6 is 0 Å². The number of carbonyl (C=O) groups excluding carboxylic acids is 1. The van der Waals surface area contributed by atoms with Gasteiger partial charge in [-0.1, -0.05) is 6.92 Å². The minimum atomic E-state index is -0.850. The number of methoxy groups -OCH3 is 2. The zero-order valence-electron chi connectivity index (χ0n) is 13.7. The molecule has 0 spiro atoms. The Morgan fingerprint density at radius 3 is 2.70 bits per heavy atom. The summed E-state index contributed by atoms with van der Waals surface area (Å²) in [5.41, 5.74) is 0.977. The maximum atomic E-state index is 12.2. The standard InChI is InChI=1S/C17H23NO5/c1-10(6-16(19)20)9-18-17(21)14-8-12(14)13-7-11(22-2)4-5-15(13)23-3/h4-5,7,10,12,14H,6,8-9H2,1-3H3,(H,18,21)(H,19,20). The topological polar surface area (TPSA) is 84.9 Å². The van der Waals surface area contributed by atoms with Crippen LogP contribution in [0.3, 0.4) is 0 Å². The number of carboxylic acid groups (broad SMARTS) is 1. The number of nitrogens with one attached hydrogen (secondary N) is 1. The lowest BCUT2D eigenvalue weighted by atomic mass is 10.1. The van der Waals surface area contributed by atoms with Crippen LogP contribution in [0, 0.1) is 11.8 Å². The molecule has 0 aromatic heterocycles. The van der Waals surface area contributed by atoms with Gasteiger partial charge in [-0.25, -0.2) is 0 Å². The Labute approximate surface area is 135 Å². The Bertz CT molecular complexity index is 586. The molecule has 2 N–H and O–H groups in total. The monoisotopic (exact) mass is 321 g/mol. The number of benzene rings is 1. The van der Waals surface area contributed by atoms with Gasteiger partial charge < -0.3 is 19.9 Å². The van der Waals surface area contributed by atoms with Gasteiger partial charge in [0.1, 0.15) is 11.5 Å². The number of amides is 1. The highest BCUT2D eigenvalue weighted by Crippen LogP contribution is 2.51. The fourth-order valence-corrected chi connectivity index (χ4v) is 2.73. The van der Waals surface area contributed by atoms with E-state index in [2.05, 4.69) is 5.32 Å². The van der Waals surface area contributed by atoms with Gasteiger partial charge >= 0.3 is 5.97 Å². The van der Waals surface area contributed by atoms with Crippen molar-refractivity contribution in [3.8, 4) is 11.5 Å². The van der Waals surface area contributed by atoms with Crippen LogP contribution in [0.4, 0.5) is 0 Å². The van der Waals surface area contributed by atoms with Gasteiger partial charge in [0, 0.05) is 30.4 Å². The lowest BCUT2D eigenvalue weighted by molar-refractivity contribution is -0.138. The van der Waals surface area contributed by atoms with Crippen LogP contribution in [0.5, 0.6) is 11.5 Å². The van der Waals surface area contributed by atoms with Crippen molar-refractivity contribution in [2.45, 2.75) is 25.7 Å². The molecular weight excluding hydrogens is 298 g/mol. The molecule has 3 unspecified atom stereocenters.